The number of hydrogen-bond acceptors (Lipinski definition) is 4. The number of thioether (sulfide) groups is 2. The fourth-order valence-electron chi connectivity index (χ4n) is 2.37. The van der Waals surface area contributed by atoms with Crippen molar-refractivity contribution >= 4 is 34.6 Å². The molecule has 114 valence electrons. The van der Waals surface area contributed by atoms with E-state index in [4.69, 9.17) is 9.72 Å². The minimum Gasteiger partial charge on any atom is -0.496 e. The summed E-state index contributed by atoms with van der Waals surface area (Å²) in [5, 5.41) is 1.04. The smallest absolute Gasteiger partial charge is 0.169 e. The predicted molar refractivity (Wildman–Crippen MR) is 95.1 cm³/mol. The van der Waals surface area contributed by atoms with Crippen LogP contribution in [0.2, 0.25) is 0 Å². The molecule has 0 aliphatic heterocycles. The first-order valence-corrected chi connectivity index (χ1v) is 9.19. The molecule has 0 atom stereocenters. The summed E-state index contributed by atoms with van der Waals surface area (Å²) in [6, 6.07) is 14.6. The third-order valence-electron chi connectivity index (χ3n) is 3.56. The maximum Gasteiger partial charge on any atom is 0.169 e. The maximum atomic E-state index is 5.45. The van der Waals surface area contributed by atoms with Gasteiger partial charge in [0.25, 0.3) is 0 Å². The molecule has 0 radical (unpaired) electrons. The monoisotopic (exact) mass is 330 g/mol. The molecule has 22 heavy (non-hydrogen) atoms. The van der Waals surface area contributed by atoms with Gasteiger partial charge in [-0.15, -0.1) is 11.8 Å². The SMILES string of the molecule is COc1cc(CSc2nc3ccccc3n2C)ccc1SC. The molecule has 2 aromatic carbocycles. The highest BCUT2D eigenvalue weighted by Crippen LogP contribution is 2.31. The summed E-state index contributed by atoms with van der Waals surface area (Å²) in [5.74, 6) is 1.82. The van der Waals surface area contributed by atoms with E-state index in [0.29, 0.717) is 0 Å². The van der Waals surface area contributed by atoms with Crippen LogP contribution >= 0.6 is 23.5 Å². The fraction of sp³-hybridized carbons (Fsp3) is 0.235. The number of para-hydroxylation sites is 2. The number of rotatable bonds is 5. The number of aryl methyl sites for hydroxylation is 1. The second-order valence-electron chi connectivity index (χ2n) is 4.92. The molecule has 0 N–H and O–H groups in total. The van der Waals surface area contributed by atoms with Crippen LogP contribution in [0.3, 0.4) is 0 Å². The van der Waals surface area contributed by atoms with Gasteiger partial charge in [0.15, 0.2) is 5.16 Å². The van der Waals surface area contributed by atoms with Crippen LogP contribution in [-0.4, -0.2) is 22.9 Å². The summed E-state index contributed by atoms with van der Waals surface area (Å²) in [6.07, 6.45) is 2.06. The zero-order valence-electron chi connectivity index (χ0n) is 12.9. The van der Waals surface area contributed by atoms with Crippen molar-refractivity contribution in [2.45, 2.75) is 15.8 Å². The number of methoxy groups -OCH3 is 1. The number of ether oxygens (including phenoxy) is 1. The van der Waals surface area contributed by atoms with Crippen LogP contribution in [0.5, 0.6) is 5.75 Å². The molecule has 3 rings (SSSR count). The second-order valence-corrected chi connectivity index (χ2v) is 6.71. The Hall–Kier alpha value is -1.59. The average molecular weight is 330 g/mol. The molecule has 0 unspecified atom stereocenters. The highest BCUT2D eigenvalue weighted by molar-refractivity contribution is 7.98. The summed E-state index contributed by atoms with van der Waals surface area (Å²) < 4.78 is 7.60. The molecule has 0 spiro atoms. The molecule has 0 aliphatic rings. The van der Waals surface area contributed by atoms with Crippen LogP contribution in [0.15, 0.2) is 52.5 Å². The molecule has 0 saturated heterocycles. The van der Waals surface area contributed by atoms with E-state index in [-0.39, 0.29) is 0 Å². The molecular formula is C17H18N2OS2. The Bertz CT molecular complexity index is 798. The third kappa shape index (κ3) is 2.96. The van der Waals surface area contributed by atoms with Gasteiger partial charge in [-0.3, -0.25) is 0 Å². The number of aromatic nitrogens is 2. The first-order chi connectivity index (χ1) is 10.7. The van der Waals surface area contributed by atoms with E-state index in [0.717, 1.165) is 22.2 Å². The first-order valence-electron chi connectivity index (χ1n) is 6.98. The Morgan fingerprint density at radius 2 is 2.00 bits per heavy atom. The van der Waals surface area contributed by atoms with Crippen molar-refractivity contribution in [3.63, 3.8) is 0 Å². The number of benzene rings is 2. The average Bonchev–Trinajstić information content (AvgIpc) is 2.89. The molecule has 0 bridgehead atoms. The van der Waals surface area contributed by atoms with Gasteiger partial charge in [-0.25, -0.2) is 4.98 Å². The molecule has 0 saturated carbocycles. The summed E-state index contributed by atoms with van der Waals surface area (Å²) >= 11 is 3.45. The summed E-state index contributed by atoms with van der Waals surface area (Å²) in [6.45, 7) is 0. The minimum atomic E-state index is 0.877. The van der Waals surface area contributed by atoms with Gasteiger partial charge in [0.1, 0.15) is 5.75 Å². The van der Waals surface area contributed by atoms with E-state index in [1.807, 2.05) is 12.1 Å². The van der Waals surface area contributed by atoms with Crippen LogP contribution in [0.4, 0.5) is 0 Å². The Labute approximate surface area is 139 Å². The molecule has 1 heterocycles. The molecule has 3 aromatic rings. The van der Waals surface area contributed by atoms with Gasteiger partial charge in [-0.1, -0.05) is 30.0 Å². The quantitative estimate of drug-likeness (QED) is 0.639. The van der Waals surface area contributed by atoms with Gasteiger partial charge in [-0.2, -0.15) is 0 Å². The lowest BCUT2D eigenvalue weighted by atomic mass is 10.2. The Balaban J connectivity index is 1.80. The molecule has 0 amide bonds. The van der Waals surface area contributed by atoms with E-state index in [1.54, 1.807) is 30.6 Å². The van der Waals surface area contributed by atoms with Gasteiger partial charge in [0.2, 0.25) is 0 Å². The number of imidazole rings is 1. The number of nitrogens with zero attached hydrogens (tertiary/aromatic N) is 2. The van der Waals surface area contributed by atoms with Gasteiger partial charge in [-0.05, 0) is 36.1 Å². The molecule has 0 aliphatic carbocycles. The molecular weight excluding hydrogens is 312 g/mol. The second kappa shape index (κ2) is 6.67. The van der Waals surface area contributed by atoms with E-state index in [9.17, 15) is 0 Å². The van der Waals surface area contributed by atoms with Crippen LogP contribution in [-0.2, 0) is 12.8 Å². The van der Waals surface area contributed by atoms with E-state index >= 15 is 0 Å². The van der Waals surface area contributed by atoms with Crippen molar-refractivity contribution in [2.75, 3.05) is 13.4 Å². The van der Waals surface area contributed by atoms with E-state index in [1.165, 1.54) is 16.0 Å². The minimum absolute atomic E-state index is 0.877. The zero-order chi connectivity index (χ0) is 15.5. The summed E-state index contributed by atoms with van der Waals surface area (Å²) in [4.78, 5) is 5.86. The normalized spacial score (nSPS) is 11.0. The third-order valence-corrected chi connectivity index (χ3v) is 5.44. The molecule has 5 heteroatoms. The number of fused-ring (bicyclic) bond motifs is 1. The highest BCUT2D eigenvalue weighted by atomic mass is 32.2. The van der Waals surface area contributed by atoms with E-state index < -0.39 is 0 Å². The lowest BCUT2D eigenvalue weighted by Gasteiger charge is -2.08. The molecule has 0 fully saturated rings. The topological polar surface area (TPSA) is 27.1 Å². The predicted octanol–water partition coefficient (Wildman–Crippen LogP) is 4.60. The molecule has 3 nitrogen and oxygen atoms in total. The van der Waals surface area contributed by atoms with Crippen molar-refractivity contribution in [2.24, 2.45) is 7.05 Å². The van der Waals surface area contributed by atoms with Gasteiger partial charge in [0.05, 0.1) is 18.1 Å². The van der Waals surface area contributed by atoms with Crippen molar-refractivity contribution in [3.8, 4) is 5.75 Å². The Morgan fingerprint density at radius 1 is 1.18 bits per heavy atom. The van der Waals surface area contributed by atoms with Gasteiger partial charge < -0.3 is 9.30 Å². The van der Waals surface area contributed by atoms with Crippen molar-refractivity contribution in [1.29, 1.82) is 0 Å². The Morgan fingerprint density at radius 3 is 2.73 bits per heavy atom. The van der Waals surface area contributed by atoms with Crippen LogP contribution in [0, 0.1) is 0 Å². The zero-order valence-corrected chi connectivity index (χ0v) is 14.5. The van der Waals surface area contributed by atoms with Crippen LogP contribution in [0.25, 0.3) is 11.0 Å². The highest BCUT2D eigenvalue weighted by Gasteiger charge is 2.09. The lowest BCUT2D eigenvalue weighted by Crippen LogP contribution is -1.92. The molecule has 1 aromatic heterocycles. The standard InChI is InChI=1S/C17H18N2OS2/c1-19-14-7-5-4-6-13(14)18-17(19)22-11-12-8-9-16(21-3)15(10-12)20-2/h4-10H,11H2,1-3H3. The van der Waals surface area contributed by atoms with Crippen LogP contribution in [0.1, 0.15) is 5.56 Å². The van der Waals surface area contributed by atoms with Crippen molar-refractivity contribution < 1.29 is 4.74 Å². The lowest BCUT2D eigenvalue weighted by molar-refractivity contribution is 0.404. The van der Waals surface area contributed by atoms with Crippen LogP contribution < -0.4 is 4.74 Å². The Kier molecular flexibility index (Phi) is 4.64. The number of hydrogen-bond donors (Lipinski definition) is 0. The van der Waals surface area contributed by atoms with E-state index in [2.05, 4.69) is 48.2 Å². The summed E-state index contributed by atoms with van der Waals surface area (Å²) in [7, 11) is 3.78. The van der Waals surface area contributed by atoms with Crippen molar-refractivity contribution in [3.05, 3.63) is 48.0 Å². The van der Waals surface area contributed by atoms with Gasteiger partial charge >= 0.3 is 0 Å². The maximum absolute atomic E-state index is 5.45. The van der Waals surface area contributed by atoms with Crippen molar-refractivity contribution in [1.82, 2.24) is 9.55 Å². The largest absolute Gasteiger partial charge is 0.496 e. The first kappa shape index (κ1) is 15.3. The fourth-order valence-corrected chi connectivity index (χ4v) is 3.85. The summed E-state index contributed by atoms with van der Waals surface area (Å²) in [5.41, 5.74) is 3.45. The van der Waals surface area contributed by atoms with Gasteiger partial charge in [0, 0.05) is 17.7 Å².